The predicted molar refractivity (Wildman–Crippen MR) is 87.0 cm³/mol. The molecular weight excluding hydrogens is 309 g/mol. The molecule has 5 nitrogen and oxygen atoms in total. The van der Waals surface area contributed by atoms with Gasteiger partial charge >= 0.3 is 0 Å². The highest BCUT2D eigenvalue weighted by Crippen LogP contribution is 2.32. The van der Waals surface area contributed by atoms with Crippen LogP contribution in [0, 0.1) is 12.7 Å². The van der Waals surface area contributed by atoms with E-state index < -0.39 is 11.9 Å². The first-order valence-electron chi connectivity index (χ1n) is 7.62. The van der Waals surface area contributed by atoms with E-state index in [0.29, 0.717) is 11.5 Å². The SMILES string of the molecule is Cc1nc2ccccc2n1C1CC(=O)N(c2ccc(F)cc2)C1=O. The first kappa shape index (κ1) is 14.6. The maximum atomic E-state index is 13.1. The van der Waals surface area contributed by atoms with Gasteiger partial charge in [-0.3, -0.25) is 9.59 Å². The molecule has 2 aromatic carbocycles. The number of carbonyl (C=O) groups excluding carboxylic acids is 2. The van der Waals surface area contributed by atoms with Crippen molar-refractivity contribution in [1.29, 1.82) is 0 Å². The molecule has 0 N–H and O–H groups in total. The number of aromatic nitrogens is 2. The van der Waals surface area contributed by atoms with Gasteiger partial charge in [-0.05, 0) is 43.3 Å². The van der Waals surface area contributed by atoms with Crippen molar-refractivity contribution >= 4 is 28.5 Å². The zero-order valence-electron chi connectivity index (χ0n) is 12.9. The minimum atomic E-state index is -0.630. The molecule has 1 aliphatic heterocycles. The number of hydrogen-bond acceptors (Lipinski definition) is 3. The van der Waals surface area contributed by atoms with Crippen LogP contribution in [0.15, 0.2) is 48.5 Å². The Hall–Kier alpha value is -3.02. The second-order valence-corrected chi connectivity index (χ2v) is 5.78. The van der Waals surface area contributed by atoms with Crippen LogP contribution in [0.25, 0.3) is 11.0 Å². The number of anilines is 1. The molecule has 1 atom stereocenters. The number of carbonyl (C=O) groups is 2. The van der Waals surface area contributed by atoms with E-state index in [9.17, 15) is 14.0 Å². The van der Waals surface area contributed by atoms with E-state index in [1.54, 1.807) is 4.57 Å². The molecule has 1 saturated heterocycles. The predicted octanol–water partition coefficient (Wildman–Crippen LogP) is 2.99. The molecule has 0 spiro atoms. The van der Waals surface area contributed by atoms with Crippen LogP contribution in [0.5, 0.6) is 0 Å². The van der Waals surface area contributed by atoms with E-state index in [1.807, 2.05) is 31.2 Å². The summed E-state index contributed by atoms with van der Waals surface area (Å²) in [4.78, 5) is 30.8. The quantitative estimate of drug-likeness (QED) is 0.681. The van der Waals surface area contributed by atoms with Gasteiger partial charge in [0.2, 0.25) is 5.91 Å². The number of imidazole rings is 1. The number of fused-ring (bicyclic) bond motifs is 1. The van der Waals surface area contributed by atoms with Gasteiger partial charge in [0.1, 0.15) is 17.7 Å². The Labute approximate surface area is 137 Å². The van der Waals surface area contributed by atoms with Gasteiger partial charge in [-0.2, -0.15) is 0 Å². The smallest absolute Gasteiger partial charge is 0.257 e. The van der Waals surface area contributed by atoms with Crippen molar-refractivity contribution in [2.45, 2.75) is 19.4 Å². The van der Waals surface area contributed by atoms with Crippen LogP contribution in [0.4, 0.5) is 10.1 Å². The van der Waals surface area contributed by atoms with Crippen molar-refractivity contribution in [3.05, 3.63) is 60.2 Å². The van der Waals surface area contributed by atoms with Gasteiger partial charge < -0.3 is 4.57 Å². The maximum Gasteiger partial charge on any atom is 0.257 e. The molecule has 0 saturated carbocycles. The van der Waals surface area contributed by atoms with E-state index in [-0.39, 0.29) is 18.2 Å². The number of hydrogen-bond donors (Lipinski definition) is 0. The van der Waals surface area contributed by atoms with Gasteiger partial charge in [0.05, 0.1) is 23.1 Å². The fraction of sp³-hybridized carbons (Fsp3) is 0.167. The summed E-state index contributed by atoms with van der Waals surface area (Å²) in [5, 5.41) is 0. The third-order valence-electron chi connectivity index (χ3n) is 4.29. The van der Waals surface area contributed by atoms with Crippen LogP contribution in [0.3, 0.4) is 0 Å². The summed E-state index contributed by atoms with van der Waals surface area (Å²) in [7, 11) is 0. The number of amides is 2. The number of para-hydroxylation sites is 2. The molecule has 0 aliphatic carbocycles. The summed E-state index contributed by atoms with van der Waals surface area (Å²) in [6.07, 6.45) is 0.0669. The first-order valence-corrected chi connectivity index (χ1v) is 7.62. The molecular formula is C18H14FN3O2. The van der Waals surface area contributed by atoms with E-state index in [1.165, 1.54) is 24.3 Å². The van der Waals surface area contributed by atoms with Gasteiger partial charge in [-0.25, -0.2) is 14.3 Å². The van der Waals surface area contributed by atoms with Crippen LogP contribution in [-0.4, -0.2) is 21.4 Å². The van der Waals surface area contributed by atoms with Crippen molar-refractivity contribution < 1.29 is 14.0 Å². The molecule has 0 bridgehead atoms. The van der Waals surface area contributed by atoms with Crippen molar-refractivity contribution in [2.75, 3.05) is 4.90 Å². The minimum Gasteiger partial charge on any atom is -0.315 e. The standard InChI is InChI=1S/C18H14FN3O2/c1-11-20-14-4-2-3-5-15(14)21(11)16-10-17(23)22(18(16)24)13-8-6-12(19)7-9-13/h2-9,16H,10H2,1H3. The van der Waals surface area contributed by atoms with E-state index >= 15 is 0 Å². The maximum absolute atomic E-state index is 13.1. The van der Waals surface area contributed by atoms with E-state index in [2.05, 4.69) is 4.98 Å². The third kappa shape index (κ3) is 2.11. The lowest BCUT2D eigenvalue weighted by Crippen LogP contribution is -2.31. The number of rotatable bonds is 2. The lowest BCUT2D eigenvalue weighted by atomic mass is 10.2. The highest BCUT2D eigenvalue weighted by Gasteiger charge is 2.41. The van der Waals surface area contributed by atoms with Crippen molar-refractivity contribution in [2.24, 2.45) is 0 Å². The molecule has 0 radical (unpaired) electrons. The minimum absolute atomic E-state index is 0.0669. The summed E-state index contributed by atoms with van der Waals surface area (Å²) in [5.41, 5.74) is 1.99. The molecule has 2 amide bonds. The van der Waals surface area contributed by atoms with Crippen LogP contribution < -0.4 is 4.90 Å². The van der Waals surface area contributed by atoms with Gasteiger partial charge in [-0.15, -0.1) is 0 Å². The second kappa shape index (κ2) is 5.26. The average Bonchev–Trinajstić information content (AvgIpc) is 3.04. The van der Waals surface area contributed by atoms with Gasteiger partial charge in [0.25, 0.3) is 5.91 Å². The third-order valence-corrected chi connectivity index (χ3v) is 4.29. The zero-order valence-corrected chi connectivity index (χ0v) is 12.9. The molecule has 1 fully saturated rings. The molecule has 1 unspecified atom stereocenters. The van der Waals surface area contributed by atoms with Crippen LogP contribution in [-0.2, 0) is 9.59 Å². The summed E-state index contributed by atoms with van der Waals surface area (Å²) < 4.78 is 14.9. The molecule has 1 aliphatic rings. The summed E-state index contributed by atoms with van der Waals surface area (Å²) in [6.45, 7) is 1.82. The van der Waals surface area contributed by atoms with Crippen LogP contribution in [0.1, 0.15) is 18.3 Å². The van der Waals surface area contributed by atoms with Crippen LogP contribution in [0.2, 0.25) is 0 Å². The number of aryl methyl sites for hydroxylation is 1. The molecule has 2 heterocycles. The summed E-state index contributed by atoms with van der Waals surface area (Å²) in [5.74, 6) is -0.346. The Balaban J connectivity index is 1.78. The average molecular weight is 323 g/mol. The molecule has 1 aromatic heterocycles. The lowest BCUT2D eigenvalue weighted by molar-refractivity contribution is -0.122. The topological polar surface area (TPSA) is 55.2 Å². The largest absolute Gasteiger partial charge is 0.315 e. The Morgan fingerprint density at radius 3 is 2.54 bits per heavy atom. The normalized spacial score (nSPS) is 17.9. The monoisotopic (exact) mass is 323 g/mol. The number of benzene rings is 2. The summed E-state index contributed by atoms with van der Waals surface area (Å²) >= 11 is 0. The Kier molecular flexibility index (Phi) is 3.19. The van der Waals surface area contributed by atoms with Gasteiger partial charge in [-0.1, -0.05) is 12.1 Å². The number of imide groups is 1. The highest BCUT2D eigenvalue weighted by molar-refractivity contribution is 6.21. The molecule has 120 valence electrons. The van der Waals surface area contributed by atoms with Gasteiger partial charge in [0, 0.05) is 0 Å². The van der Waals surface area contributed by atoms with Crippen molar-refractivity contribution in [3.8, 4) is 0 Å². The second-order valence-electron chi connectivity index (χ2n) is 5.78. The van der Waals surface area contributed by atoms with E-state index in [4.69, 9.17) is 0 Å². The van der Waals surface area contributed by atoms with Crippen molar-refractivity contribution in [3.63, 3.8) is 0 Å². The molecule has 3 aromatic rings. The highest BCUT2D eigenvalue weighted by atomic mass is 19.1. The lowest BCUT2D eigenvalue weighted by Gasteiger charge is -2.16. The summed E-state index contributed by atoms with van der Waals surface area (Å²) in [6, 6.07) is 12.2. The fourth-order valence-corrected chi connectivity index (χ4v) is 3.24. The number of halogens is 1. The van der Waals surface area contributed by atoms with Gasteiger partial charge in [0.15, 0.2) is 0 Å². The Morgan fingerprint density at radius 1 is 1.08 bits per heavy atom. The number of nitrogens with zero attached hydrogens (tertiary/aromatic N) is 3. The fourth-order valence-electron chi connectivity index (χ4n) is 3.24. The molecule has 24 heavy (non-hydrogen) atoms. The Morgan fingerprint density at radius 2 is 1.79 bits per heavy atom. The molecule has 4 rings (SSSR count). The first-order chi connectivity index (χ1) is 11.6. The molecule has 6 heteroatoms. The van der Waals surface area contributed by atoms with Crippen LogP contribution >= 0.6 is 0 Å². The van der Waals surface area contributed by atoms with Crippen molar-refractivity contribution in [1.82, 2.24) is 9.55 Å². The zero-order chi connectivity index (χ0) is 16.8. The van der Waals surface area contributed by atoms with E-state index in [0.717, 1.165) is 15.9 Å². The Bertz CT molecular complexity index is 962.